The molecule has 0 aliphatic carbocycles. The molecule has 0 aromatic heterocycles. The fourth-order valence-corrected chi connectivity index (χ4v) is 13.3. The number of hydrogen-bond donors (Lipinski definition) is 0. The normalized spacial score (nSPS) is 11.0. The summed E-state index contributed by atoms with van der Waals surface area (Å²) in [5.41, 5.74) is 0. The van der Waals surface area contributed by atoms with Crippen molar-refractivity contribution < 1.29 is 16.5 Å². The third-order valence-electron chi connectivity index (χ3n) is 6.58. The van der Waals surface area contributed by atoms with Crippen LogP contribution in [0.1, 0.15) is 0 Å². The van der Waals surface area contributed by atoms with Crippen molar-refractivity contribution in [1.29, 1.82) is 0 Å². The summed E-state index contributed by atoms with van der Waals surface area (Å²) in [5, 5.41) is 7.50. The Labute approximate surface area is 260 Å². The first-order chi connectivity index (χ1) is 19.8. The van der Waals surface area contributed by atoms with E-state index in [0.29, 0.717) is 0 Å². The molecule has 0 amide bonds. The van der Waals surface area contributed by atoms with Crippen molar-refractivity contribution in [3.63, 3.8) is 0 Å². The Kier molecular flexibility index (Phi) is 14.4. The van der Waals surface area contributed by atoms with Crippen molar-refractivity contribution in [1.82, 2.24) is 0 Å². The minimum absolute atomic E-state index is 0.250. The maximum Gasteiger partial charge on any atom is -0.0195 e. The van der Waals surface area contributed by atoms with E-state index in [1.807, 2.05) is 0 Å². The number of benzene rings is 5. The fourth-order valence-electron chi connectivity index (χ4n) is 4.70. The van der Waals surface area contributed by atoms with Gasteiger partial charge in [-0.1, -0.05) is 160 Å². The first-order valence-corrected chi connectivity index (χ1v) is 23.6. The first kappa shape index (κ1) is 31.6. The van der Waals surface area contributed by atoms with Crippen LogP contribution in [0.4, 0.5) is 0 Å². The van der Waals surface area contributed by atoms with E-state index in [9.17, 15) is 0 Å². The van der Waals surface area contributed by atoms with E-state index >= 15 is 0 Å². The third kappa shape index (κ3) is 9.89. The van der Waals surface area contributed by atoms with E-state index in [-0.39, 0.29) is 23.8 Å². The SMILES string of the molecule is [Cl][Pt][Cl].c1ccc(P(CCP(c2ccccc2)c2ccccc2)CCP(c2ccccc2)c2ccccc2)cc1. The van der Waals surface area contributed by atoms with Crippen LogP contribution >= 0.6 is 42.6 Å². The molecule has 0 saturated carbocycles. The summed E-state index contributed by atoms with van der Waals surface area (Å²) in [6.07, 6.45) is 5.00. The van der Waals surface area contributed by atoms with Crippen LogP contribution < -0.4 is 26.5 Å². The molecule has 0 fully saturated rings. The molecule has 0 heterocycles. The molecule has 0 aliphatic heterocycles. The van der Waals surface area contributed by atoms with Crippen LogP contribution in [0.2, 0.25) is 0 Å². The fraction of sp³-hybridized carbons (Fsp3) is 0.118. The van der Waals surface area contributed by atoms with E-state index in [1.54, 1.807) is 5.30 Å². The molecule has 5 aromatic carbocycles. The molecule has 5 rings (SSSR count). The Morgan fingerprint density at radius 3 is 0.825 bits per heavy atom. The van der Waals surface area contributed by atoms with Crippen LogP contribution in [0.3, 0.4) is 0 Å². The zero-order valence-electron chi connectivity index (χ0n) is 22.2. The monoisotopic (exact) mass is 799 g/mol. The smallest absolute Gasteiger partial charge is 0.0195 e. The zero-order chi connectivity index (χ0) is 27.8. The summed E-state index contributed by atoms with van der Waals surface area (Å²) in [6, 6.07) is 56.0. The van der Waals surface area contributed by atoms with E-state index in [4.69, 9.17) is 18.8 Å². The van der Waals surface area contributed by atoms with E-state index < -0.39 is 16.5 Å². The van der Waals surface area contributed by atoms with Crippen molar-refractivity contribution in [3.8, 4) is 0 Å². The van der Waals surface area contributed by atoms with E-state index in [1.165, 1.54) is 45.9 Å². The minimum Gasteiger partial charge on any atom is -0.0746 e. The molecule has 0 spiro atoms. The van der Waals surface area contributed by atoms with E-state index in [2.05, 4.69) is 152 Å². The first-order valence-electron chi connectivity index (χ1n) is 13.2. The zero-order valence-corrected chi connectivity index (χ0v) is 28.6. The molecule has 6 heteroatoms. The topological polar surface area (TPSA) is 0 Å². The molecule has 0 unspecified atom stereocenters. The minimum atomic E-state index is -0.472. The van der Waals surface area contributed by atoms with Crippen LogP contribution in [0.5, 0.6) is 0 Å². The number of rotatable bonds is 11. The van der Waals surface area contributed by atoms with Gasteiger partial charge in [0, 0.05) is 0 Å². The van der Waals surface area contributed by atoms with Gasteiger partial charge in [0.25, 0.3) is 0 Å². The third-order valence-corrected chi connectivity index (χ3v) is 14.9. The van der Waals surface area contributed by atoms with Gasteiger partial charge in [-0.25, -0.2) is 0 Å². The molecule has 208 valence electrons. The maximum atomic E-state index is 4.88. The Morgan fingerprint density at radius 2 is 0.575 bits per heavy atom. The predicted molar refractivity (Wildman–Crippen MR) is 182 cm³/mol. The van der Waals surface area contributed by atoms with Gasteiger partial charge in [0.15, 0.2) is 0 Å². The molecule has 0 nitrogen and oxygen atoms in total. The standard InChI is InChI=1S/C34H33P3.2ClH.Pt/c1-6-16-30(17-7-1)35(26-28-36(31-18-8-2-9-19-31)32-20-10-3-11-21-32)27-29-37(33-22-12-4-13-23-33)34-24-14-5-15-25-34;;;/h1-25H,26-29H2;2*1H;/q;;;+2/p-2. The van der Waals surface area contributed by atoms with Crippen molar-refractivity contribution in [3.05, 3.63) is 152 Å². The molecular formula is C34H33Cl2P3Pt. The summed E-state index contributed by atoms with van der Waals surface area (Å²) >= 11 is -0.472. The Hall–Kier alpha value is -1.34. The van der Waals surface area contributed by atoms with Gasteiger partial charge < -0.3 is 0 Å². The second kappa shape index (κ2) is 18.3. The molecule has 0 N–H and O–H groups in total. The second-order valence-electron chi connectivity index (χ2n) is 9.01. The molecule has 40 heavy (non-hydrogen) atoms. The van der Waals surface area contributed by atoms with Crippen LogP contribution in [0.25, 0.3) is 0 Å². The number of hydrogen-bond acceptors (Lipinski definition) is 0. The summed E-state index contributed by atoms with van der Waals surface area (Å²) in [6.45, 7) is 0. The molecule has 0 bridgehead atoms. The van der Waals surface area contributed by atoms with Gasteiger partial charge in [-0.2, -0.15) is 0 Å². The molecule has 0 atom stereocenters. The number of halogens is 2. The average Bonchev–Trinajstić information content (AvgIpc) is 3.03. The summed E-state index contributed by atoms with van der Waals surface area (Å²) in [7, 11) is 8.77. The maximum absolute atomic E-state index is 4.88. The van der Waals surface area contributed by atoms with Crippen LogP contribution in [-0.2, 0) is 16.5 Å². The van der Waals surface area contributed by atoms with Crippen LogP contribution in [0, 0.1) is 0 Å². The van der Waals surface area contributed by atoms with Gasteiger partial charge in [0.05, 0.1) is 0 Å². The van der Waals surface area contributed by atoms with Crippen molar-refractivity contribution in [2.45, 2.75) is 0 Å². The van der Waals surface area contributed by atoms with Crippen LogP contribution in [-0.4, -0.2) is 24.6 Å². The van der Waals surface area contributed by atoms with Gasteiger partial charge in [-0.15, -0.1) is 0 Å². The van der Waals surface area contributed by atoms with Gasteiger partial charge in [-0.05, 0) is 67.0 Å². The molecular weight excluding hydrogens is 767 g/mol. The van der Waals surface area contributed by atoms with Crippen LogP contribution in [0.15, 0.2) is 152 Å². The Balaban J connectivity index is 0.00000118. The molecule has 5 aromatic rings. The average molecular weight is 801 g/mol. The van der Waals surface area contributed by atoms with Crippen molar-refractivity contribution >= 4 is 69.1 Å². The Morgan fingerprint density at radius 1 is 0.350 bits per heavy atom. The molecule has 0 radical (unpaired) electrons. The predicted octanol–water partition coefficient (Wildman–Crippen LogP) is 8.44. The van der Waals surface area contributed by atoms with Gasteiger partial charge >= 0.3 is 35.3 Å². The van der Waals surface area contributed by atoms with Crippen molar-refractivity contribution in [2.24, 2.45) is 0 Å². The largest absolute Gasteiger partial charge is 0.0746 e. The summed E-state index contributed by atoms with van der Waals surface area (Å²) in [5.74, 6) is 0. The Bertz CT molecular complexity index is 1180. The quantitative estimate of drug-likeness (QED) is 0.118. The second-order valence-corrected chi connectivity index (χ2v) is 19.5. The van der Waals surface area contributed by atoms with Crippen molar-refractivity contribution in [2.75, 3.05) is 24.6 Å². The van der Waals surface area contributed by atoms with Gasteiger partial charge in [-0.3, -0.25) is 0 Å². The summed E-state index contributed by atoms with van der Waals surface area (Å²) in [4.78, 5) is 0. The van der Waals surface area contributed by atoms with Gasteiger partial charge in [0.1, 0.15) is 0 Å². The van der Waals surface area contributed by atoms with Gasteiger partial charge in [0.2, 0.25) is 0 Å². The van der Waals surface area contributed by atoms with E-state index in [0.717, 1.165) is 0 Å². The molecule has 0 saturated heterocycles. The summed E-state index contributed by atoms with van der Waals surface area (Å²) < 4.78 is 0. The molecule has 0 aliphatic rings.